The highest BCUT2D eigenvalue weighted by Gasteiger charge is 2.28. The van der Waals surface area contributed by atoms with Crippen LogP contribution in [-0.4, -0.2) is 27.9 Å². The number of nitrogens with zero attached hydrogens (tertiary/aromatic N) is 1. The second kappa shape index (κ2) is 7.53. The van der Waals surface area contributed by atoms with Gasteiger partial charge in [-0.05, 0) is 36.6 Å². The molecule has 104 valence electrons. The van der Waals surface area contributed by atoms with Gasteiger partial charge in [-0.1, -0.05) is 19.4 Å². The fourth-order valence-electron chi connectivity index (χ4n) is 2.59. The Morgan fingerprint density at radius 3 is 3.16 bits per heavy atom. The van der Waals surface area contributed by atoms with Crippen LogP contribution in [0.4, 0.5) is 0 Å². The van der Waals surface area contributed by atoms with Gasteiger partial charge in [-0.15, -0.1) is 0 Å². The smallest absolute Gasteiger partial charge is 0.220 e. The third-order valence-electron chi connectivity index (χ3n) is 3.54. The fourth-order valence-corrected chi connectivity index (χ4v) is 3.79. The lowest BCUT2D eigenvalue weighted by molar-refractivity contribution is -0.121. The van der Waals surface area contributed by atoms with Gasteiger partial charge in [-0.2, -0.15) is 11.8 Å². The first-order chi connectivity index (χ1) is 9.29. The number of rotatable bonds is 6. The molecule has 0 unspecified atom stereocenters. The van der Waals surface area contributed by atoms with Crippen molar-refractivity contribution in [1.82, 2.24) is 10.3 Å². The first-order valence-corrected chi connectivity index (χ1v) is 8.14. The van der Waals surface area contributed by atoms with Gasteiger partial charge in [-0.25, -0.2) is 0 Å². The summed E-state index contributed by atoms with van der Waals surface area (Å²) in [5, 5.41) is 3.82. The van der Waals surface area contributed by atoms with E-state index in [-0.39, 0.29) is 5.91 Å². The van der Waals surface area contributed by atoms with Gasteiger partial charge in [0.2, 0.25) is 5.91 Å². The quantitative estimate of drug-likeness (QED) is 0.870. The normalized spacial score (nSPS) is 22.4. The fraction of sp³-hybridized carbons (Fsp3) is 0.600. The second-order valence-electron chi connectivity index (χ2n) is 4.96. The average Bonchev–Trinajstić information content (AvgIpc) is 2.85. The first-order valence-electron chi connectivity index (χ1n) is 7.09. The zero-order valence-corrected chi connectivity index (χ0v) is 12.3. The van der Waals surface area contributed by atoms with Gasteiger partial charge in [-0.3, -0.25) is 9.78 Å². The molecule has 0 saturated heterocycles. The van der Waals surface area contributed by atoms with Gasteiger partial charge >= 0.3 is 0 Å². The maximum Gasteiger partial charge on any atom is 0.220 e. The van der Waals surface area contributed by atoms with E-state index in [1.54, 1.807) is 6.20 Å². The molecule has 0 spiro atoms. The molecule has 1 aromatic rings. The van der Waals surface area contributed by atoms with Crippen molar-refractivity contribution in [3.05, 3.63) is 30.1 Å². The van der Waals surface area contributed by atoms with Crippen LogP contribution in [0.15, 0.2) is 24.5 Å². The van der Waals surface area contributed by atoms with Crippen molar-refractivity contribution >= 4 is 17.7 Å². The third-order valence-corrected chi connectivity index (χ3v) is 4.87. The van der Waals surface area contributed by atoms with E-state index in [9.17, 15) is 4.79 Å². The van der Waals surface area contributed by atoms with E-state index in [2.05, 4.69) is 17.2 Å². The molecule has 1 heterocycles. The number of nitrogens with one attached hydrogen (secondary N) is 1. The summed E-state index contributed by atoms with van der Waals surface area (Å²) in [5.74, 6) is 1.31. The van der Waals surface area contributed by atoms with Crippen molar-refractivity contribution in [1.29, 1.82) is 0 Å². The highest BCUT2D eigenvalue weighted by atomic mass is 32.2. The Morgan fingerprint density at radius 2 is 2.42 bits per heavy atom. The van der Waals surface area contributed by atoms with Crippen LogP contribution in [0.25, 0.3) is 0 Å². The van der Waals surface area contributed by atoms with Crippen molar-refractivity contribution in [2.45, 2.75) is 50.3 Å². The number of aromatic nitrogens is 1. The SMILES string of the molecule is CCS[C@@H]1CCC[C@@H]1NC(=O)CCc1cccnc1. The summed E-state index contributed by atoms with van der Waals surface area (Å²) in [7, 11) is 0. The van der Waals surface area contributed by atoms with E-state index >= 15 is 0 Å². The summed E-state index contributed by atoms with van der Waals surface area (Å²) in [4.78, 5) is 16.0. The predicted molar refractivity (Wildman–Crippen MR) is 80.3 cm³/mol. The monoisotopic (exact) mass is 278 g/mol. The molecule has 1 N–H and O–H groups in total. The molecule has 2 rings (SSSR count). The van der Waals surface area contributed by atoms with Crippen molar-refractivity contribution in [3.63, 3.8) is 0 Å². The van der Waals surface area contributed by atoms with E-state index < -0.39 is 0 Å². The molecule has 19 heavy (non-hydrogen) atoms. The van der Waals surface area contributed by atoms with Gasteiger partial charge in [0.1, 0.15) is 0 Å². The summed E-state index contributed by atoms with van der Waals surface area (Å²) in [6.07, 6.45) is 8.55. The van der Waals surface area contributed by atoms with Crippen LogP contribution in [0.5, 0.6) is 0 Å². The number of amides is 1. The molecule has 1 aliphatic carbocycles. The highest BCUT2D eigenvalue weighted by Crippen LogP contribution is 2.29. The van der Waals surface area contributed by atoms with Crippen LogP contribution in [0, 0.1) is 0 Å². The van der Waals surface area contributed by atoms with E-state index in [0.717, 1.165) is 24.2 Å². The van der Waals surface area contributed by atoms with Gasteiger partial charge in [0.25, 0.3) is 0 Å². The number of carbonyl (C=O) groups excluding carboxylic acids is 1. The minimum Gasteiger partial charge on any atom is -0.352 e. The molecule has 1 saturated carbocycles. The van der Waals surface area contributed by atoms with E-state index in [1.165, 1.54) is 12.8 Å². The van der Waals surface area contributed by atoms with Gasteiger partial charge < -0.3 is 5.32 Å². The van der Waals surface area contributed by atoms with Crippen molar-refractivity contribution in [3.8, 4) is 0 Å². The minimum absolute atomic E-state index is 0.178. The van der Waals surface area contributed by atoms with Gasteiger partial charge in [0.05, 0.1) is 0 Å². The molecule has 0 aliphatic heterocycles. The average molecular weight is 278 g/mol. The van der Waals surface area contributed by atoms with Crippen molar-refractivity contribution < 1.29 is 4.79 Å². The molecule has 0 aromatic carbocycles. The first kappa shape index (κ1) is 14.4. The minimum atomic E-state index is 0.178. The van der Waals surface area contributed by atoms with Crippen LogP contribution in [0.1, 0.15) is 38.2 Å². The number of carbonyl (C=O) groups is 1. The third kappa shape index (κ3) is 4.53. The molecule has 1 amide bonds. The molecule has 0 bridgehead atoms. The Morgan fingerprint density at radius 1 is 1.53 bits per heavy atom. The Hall–Kier alpha value is -1.03. The molecule has 4 heteroatoms. The molecule has 3 nitrogen and oxygen atoms in total. The maximum absolute atomic E-state index is 12.0. The lowest BCUT2D eigenvalue weighted by Gasteiger charge is -2.20. The summed E-state index contributed by atoms with van der Waals surface area (Å²) < 4.78 is 0. The van der Waals surface area contributed by atoms with Crippen LogP contribution >= 0.6 is 11.8 Å². The van der Waals surface area contributed by atoms with Crippen LogP contribution in [0.3, 0.4) is 0 Å². The predicted octanol–water partition coefficient (Wildman–Crippen LogP) is 2.80. The number of aryl methyl sites for hydroxylation is 1. The summed E-state index contributed by atoms with van der Waals surface area (Å²) in [5.41, 5.74) is 1.13. The van der Waals surface area contributed by atoms with E-state index in [1.807, 2.05) is 30.1 Å². The second-order valence-corrected chi connectivity index (χ2v) is 6.48. The van der Waals surface area contributed by atoms with Gasteiger partial charge in [0, 0.05) is 30.1 Å². The van der Waals surface area contributed by atoms with Crippen molar-refractivity contribution in [2.75, 3.05) is 5.75 Å². The topological polar surface area (TPSA) is 42.0 Å². The highest BCUT2D eigenvalue weighted by molar-refractivity contribution is 7.99. The molecular weight excluding hydrogens is 256 g/mol. The van der Waals surface area contributed by atoms with Crippen LogP contribution in [-0.2, 0) is 11.2 Å². The zero-order valence-electron chi connectivity index (χ0n) is 11.5. The Balaban J connectivity index is 1.75. The number of pyridine rings is 1. The Labute approximate surface area is 119 Å². The molecule has 1 fully saturated rings. The summed E-state index contributed by atoms with van der Waals surface area (Å²) in [6, 6.07) is 4.32. The van der Waals surface area contributed by atoms with E-state index in [0.29, 0.717) is 17.7 Å². The number of hydrogen-bond donors (Lipinski definition) is 1. The molecule has 1 aromatic heterocycles. The summed E-state index contributed by atoms with van der Waals surface area (Å²) >= 11 is 1.98. The van der Waals surface area contributed by atoms with Gasteiger partial charge in [0.15, 0.2) is 0 Å². The standard InChI is InChI=1S/C15H22N2OS/c1-2-19-14-7-3-6-13(14)17-15(18)9-8-12-5-4-10-16-11-12/h4-5,10-11,13-14H,2-3,6-9H2,1H3,(H,17,18)/t13-,14+/m0/s1. The Bertz CT molecular complexity index is 396. The van der Waals surface area contributed by atoms with Crippen LogP contribution in [0.2, 0.25) is 0 Å². The largest absolute Gasteiger partial charge is 0.352 e. The van der Waals surface area contributed by atoms with E-state index in [4.69, 9.17) is 0 Å². The molecule has 0 radical (unpaired) electrons. The van der Waals surface area contributed by atoms with Crippen LogP contribution < -0.4 is 5.32 Å². The summed E-state index contributed by atoms with van der Waals surface area (Å²) in [6.45, 7) is 2.18. The Kier molecular flexibility index (Phi) is 5.70. The number of hydrogen-bond acceptors (Lipinski definition) is 3. The zero-order chi connectivity index (χ0) is 13.5. The van der Waals surface area contributed by atoms with Crippen molar-refractivity contribution in [2.24, 2.45) is 0 Å². The lowest BCUT2D eigenvalue weighted by atomic mass is 10.1. The molecule has 1 aliphatic rings. The lowest BCUT2D eigenvalue weighted by Crippen LogP contribution is -2.38. The molecule has 2 atom stereocenters. The maximum atomic E-state index is 12.0. The number of thioether (sulfide) groups is 1. The molecular formula is C15H22N2OS.